The van der Waals surface area contributed by atoms with E-state index in [1.165, 1.54) is 0 Å². The number of aryl methyl sites for hydroxylation is 2. The first kappa shape index (κ1) is 23.8. The molecule has 1 amide bonds. The lowest BCUT2D eigenvalue weighted by Gasteiger charge is -2.17. The molecular weight excluding hydrogens is 426 g/mol. The van der Waals surface area contributed by atoms with E-state index >= 15 is 0 Å². The average molecular weight is 456 g/mol. The van der Waals surface area contributed by atoms with Crippen molar-refractivity contribution in [3.63, 3.8) is 0 Å². The highest BCUT2D eigenvalue weighted by molar-refractivity contribution is 6.31. The number of likely N-dealkylation sites (N-methyl/N-ethyl adjacent to an activating group) is 1. The number of halogens is 1. The van der Waals surface area contributed by atoms with Crippen LogP contribution in [0.25, 0.3) is 10.9 Å². The molecule has 0 saturated heterocycles. The number of ether oxygens (including phenoxy) is 1. The van der Waals surface area contributed by atoms with Crippen LogP contribution in [0.1, 0.15) is 47.2 Å². The van der Waals surface area contributed by atoms with Gasteiger partial charge in [0.25, 0.3) is 5.91 Å². The Morgan fingerprint density at radius 2 is 1.75 bits per heavy atom. The molecule has 0 aliphatic heterocycles. The minimum atomic E-state index is -0.367. The second kappa shape index (κ2) is 10.7. The van der Waals surface area contributed by atoms with Gasteiger partial charge in [0.1, 0.15) is 12.3 Å². The Labute approximate surface area is 194 Å². The lowest BCUT2D eigenvalue weighted by atomic mass is 10.1. The number of hydrogen-bond acceptors (Lipinski definition) is 4. The summed E-state index contributed by atoms with van der Waals surface area (Å²) in [6.45, 7) is 11.7. The fourth-order valence-electron chi connectivity index (χ4n) is 3.89. The Bertz CT molecular complexity index is 1100. The number of nitrogens with zero attached hydrogens (tertiary/aromatic N) is 2. The van der Waals surface area contributed by atoms with Crippen molar-refractivity contribution in [2.75, 3.05) is 31.6 Å². The molecular formula is C25H30ClN3O3. The van der Waals surface area contributed by atoms with Gasteiger partial charge >= 0.3 is 5.97 Å². The van der Waals surface area contributed by atoms with E-state index in [1.54, 1.807) is 24.3 Å². The quantitative estimate of drug-likeness (QED) is 0.440. The Kier molecular flexibility index (Phi) is 7.94. The van der Waals surface area contributed by atoms with Crippen LogP contribution in [-0.4, -0.2) is 47.6 Å². The number of carbonyl (C=O) groups excluding carboxylic acids is 2. The fraction of sp³-hybridized carbons (Fsp3) is 0.360. The van der Waals surface area contributed by atoms with Crippen LogP contribution in [0.2, 0.25) is 5.02 Å². The van der Waals surface area contributed by atoms with Gasteiger partial charge in [-0.3, -0.25) is 4.79 Å². The van der Waals surface area contributed by atoms with E-state index in [4.69, 9.17) is 16.3 Å². The van der Waals surface area contributed by atoms with Gasteiger partial charge < -0.3 is 19.5 Å². The Balaban J connectivity index is 1.70. The molecule has 32 heavy (non-hydrogen) atoms. The maximum atomic E-state index is 13.1. The van der Waals surface area contributed by atoms with Crippen molar-refractivity contribution < 1.29 is 14.3 Å². The second-order valence-corrected chi connectivity index (χ2v) is 8.01. The van der Waals surface area contributed by atoms with Gasteiger partial charge in [0.15, 0.2) is 0 Å². The standard InChI is InChI=1S/C25H30ClN3O3/c1-5-28(6-2)14-15-32-25(31)18-8-11-20(12-9-18)27-24(30)23-17(4)21-16-19(26)10-13-22(21)29(23)7-3/h8-13,16H,5-7,14-15H2,1-4H3,(H,27,30). The zero-order valence-electron chi connectivity index (χ0n) is 19.1. The van der Waals surface area contributed by atoms with Crippen LogP contribution >= 0.6 is 11.6 Å². The van der Waals surface area contributed by atoms with Gasteiger partial charge in [-0.05, 0) is 75.0 Å². The molecule has 0 spiro atoms. The molecule has 0 aliphatic carbocycles. The lowest BCUT2D eigenvalue weighted by Crippen LogP contribution is -2.27. The van der Waals surface area contributed by atoms with Gasteiger partial charge in [-0.25, -0.2) is 4.79 Å². The molecule has 0 bridgehead atoms. The number of esters is 1. The largest absolute Gasteiger partial charge is 0.461 e. The first-order valence-corrected chi connectivity index (χ1v) is 11.4. The molecule has 3 rings (SSSR count). The predicted octanol–water partition coefficient (Wildman–Crippen LogP) is 5.37. The molecule has 1 N–H and O–H groups in total. The van der Waals surface area contributed by atoms with Gasteiger partial charge in [-0.2, -0.15) is 0 Å². The van der Waals surface area contributed by atoms with Gasteiger partial charge in [0.05, 0.1) is 5.56 Å². The summed E-state index contributed by atoms with van der Waals surface area (Å²) in [6.07, 6.45) is 0. The summed E-state index contributed by atoms with van der Waals surface area (Å²) in [5.41, 5.74) is 3.53. The summed E-state index contributed by atoms with van der Waals surface area (Å²) >= 11 is 6.16. The molecule has 2 aromatic carbocycles. The molecule has 0 fully saturated rings. The molecule has 0 radical (unpaired) electrons. The average Bonchev–Trinajstić information content (AvgIpc) is 3.08. The highest BCUT2D eigenvalue weighted by Crippen LogP contribution is 2.29. The maximum Gasteiger partial charge on any atom is 0.338 e. The minimum absolute atomic E-state index is 0.203. The van der Waals surface area contributed by atoms with E-state index in [9.17, 15) is 9.59 Å². The third-order valence-corrected chi connectivity index (χ3v) is 5.96. The number of aromatic nitrogens is 1. The van der Waals surface area contributed by atoms with Crippen molar-refractivity contribution in [3.8, 4) is 0 Å². The number of rotatable bonds is 9. The number of amides is 1. The fourth-order valence-corrected chi connectivity index (χ4v) is 4.06. The lowest BCUT2D eigenvalue weighted by molar-refractivity contribution is 0.0466. The molecule has 6 nitrogen and oxygen atoms in total. The van der Waals surface area contributed by atoms with Crippen LogP contribution in [0.4, 0.5) is 5.69 Å². The summed E-state index contributed by atoms with van der Waals surface area (Å²) in [7, 11) is 0. The minimum Gasteiger partial charge on any atom is -0.461 e. The zero-order chi connectivity index (χ0) is 23.3. The molecule has 3 aromatic rings. The first-order chi connectivity index (χ1) is 15.4. The maximum absolute atomic E-state index is 13.1. The summed E-state index contributed by atoms with van der Waals surface area (Å²) < 4.78 is 7.34. The van der Waals surface area contributed by atoms with E-state index < -0.39 is 0 Å². The molecule has 1 aromatic heterocycles. The van der Waals surface area contributed by atoms with Crippen LogP contribution < -0.4 is 5.32 Å². The normalized spacial score (nSPS) is 11.2. The topological polar surface area (TPSA) is 63.6 Å². The Hall–Kier alpha value is -2.83. The van der Waals surface area contributed by atoms with E-state index in [-0.39, 0.29) is 11.9 Å². The molecule has 7 heteroatoms. The van der Waals surface area contributed by atoms with Gasteiger partial charge in [-0.15, -0.1) is 0 Å². The van der Waals surface area contributed by atoms with Gasteiger partial charge in [0.2, 0.25) is 0 Å². The molecule has 0 atom stereocenters. The van der Waals surface area contributed by atoms with Gasteiger partial charge in [-0.1, -0.05) is 25.4 Å². The van der Waals surface area contributed by atoms with Crippen LogP contribution in [0.3, 0.4) is 0 Å². The van der Waals surface area contributed by atoms with E-state index in [0.29, 0.717) is 41.7 Å². The Morgan fingerprint density at radius 1 is 1.06 bits per heavy atom. The molecule has 0 unspecified atom stereocenters. The number of nitrogens with one attached hydrogen (secondary N) is 1. The molecule has 170 valence electrons. The summed E-state index contributed by atoms with van der Waals surface area (Å²) in [6, 6.07) is 12.4. The summed E-state index contributed by atoms with van der Waals surface area (Å²) in [4.78, 5) is 27.6. The number of hydrogen-bond donors (Lipinski definition) is 1. The number of benzene rings is 2. The van der Waals surface area contributed by atoms with Crippen molar-refractivity contribution >= 4 is 40.1 Å². The number of carbonyl (C=O) groups is 2. The number of anilines is 1. The van der Waals surface area contributed by atoms with E-state index in [1.807, 2.05) is 36.6 Å². The van der Waals surface area contributed by atoms with Crippen LogP contribution in [0.15, 0.2) is 42.5 Å². The SMILES string of the molecule is CCN(CC)CCOC(=O)c1ccc(NC(=O)c2c(C)c3cc(Cl)ccc3n2CC)cc1. The molecule has 0 saturated carbocycles. The number of fused-ring (bicyclic) bond motifs is 1. The predicted molar refractivity (Wildman–Crippen MR) is 130 cm³/mol. The highest BCUT2D eigenvalue weighted by Gasteiger charge is 2.20. The second-order valence-electron chi connectivity index (χ2n) is 7.57. The first-order valence-electron chi connectivity index (χ1n) is 11.0. The molecule has 0 aliphatic rings. The van der Waals surface area contributed by atoms with E-state index in [2.05, 4.69) is 24.1 Å². The van der Waals surface area contributed by atoms with E-state index in [0.717, 1.165) is 29.6 Å². The third kappa shape index (κ3) is 5.14. The van der Waals surface area contributed by atoms with Crippen LogP contribution in [-0.2, 0) is 11.3 Å². The molecule has 1 heterocycles. The Morgan fingerprint density at radius 3 is 2.38 bits per heavy atom. The van der Waals surface area contributed by atoms with Crippen molar-refractivity contribution in [1.82, 2.24) is 9.47 Å². The zero-order valence-corrected chi connectivity index (χ0v) is 19.8. The van der Waals surface area contributed by atoms with Crippen LogP contribution in [0, 0.1) is 6.92 Å². The van der Waals surface area contributed by atoms with Crippen molar-refractivity contribution in [2.24, 2.45) is 0 Å². The van der Waals surface area contributed by atoms with Crippen molar-refractivity contribution in [2.45, 2.75) is 34.2 Å². The summed E-state index contributed by atoms with van der Waals surface area (Å²) in [5.74, 6) is -0.569. The smallest absolute Gasteiger partial charge is 0.338 e. The van der Waals surface area contributed by atoms with Crippen LogP contribution in [0.5, 0.6) is 0 Å². The monoisotopic (exact) mass is 455 g/mol. The highest BCUT2D eigenvalue weighted by atomic mass is 35.5. The van der Waals surface area contributed by atoms with Crippen molar-refractivity contribution in [1.29, 1.82) is 0 Å². The third-order valence-electron chi connectivity index (χ3n) is 5.72. The summed E-state index contributed by atoms with van der Waals surface area (Å²) in [5, 5.41) is 4.54. The van der Waals surface area contributed by atoms with Crippen molar-refractivity contribution in [3.05, 3.63) is 64.3 Å². The van der Waals surface area contributed by atoms with Gasteiger partial charge in [0, 0.05) is 34.7 Å².